The summed E-state index contributed by atoms with van der Waals surface area (Å²) in [5, 5.41) is 3.35. The van der Waals surface area contributed by atoms with Crippen molar-refractivity contribution >= 4 is 17.3 Å². The third-order valence-corrected chi connectivity index (χ3v) is 3.05. The van der Waals surface area contributed by atoms with Gasteiger partial charge in [-0.2, -0.15) is 5.57 Å². The van der Waals surface area contributed by atoms with Crippen LogP contribution in [0, 0.1) is 5.41 Å². The van der Waals surface area contributed by atoms with Crippen LogP contribution in [-0.2, 0) is 17.1 Å². The first kappa shape index (κ1) is 15.9. The second kappa shape index (κ2) is 8.11. The summed E-state index contributed by atoms with van der Waals surface area (Å²) >= 11 is 1.59. The third-order valence-electron chi connectivity index (χ3n) is 2.65. The Morgan fingerprint density at radius 3 is 2.05 bits per heavy atom. The van der Waals surface area contributed by atoms with Crippen molar-refractivity contribution in [1.29, 1.82) is 0 Å². The third kappa shape index (κ3) is 4.17. The normalized spacial score (nSPS) is 10.7. The maximum absolute atomic E-state index is 5.18. The molecular formula is C16H15CuOS. The Morgan fingerprint density at radius 1 is 0.947 bits per heavy atom. The van der Waals surface area contributed by atoms with E-state index in [0.29, 0.717) is 0 Å². The minimum absolute atomic E-state index is 0. The zero-order chi connectivity index (χ0) is 12.8. The van der Waals surface area contributed by atoms with Gasteiger partial charge in [0.15, 0.2) is 0 Å². The van der Waals surface area contributed by atoms with Gasteiger partial charge in [-0.15, -0.1) is 40.8 Å². The summed E-state index contributed by atoms with van der Waals surface area (Å²) in [6.07, 6.45) is 2.02. The minimum Gasteiger partial charge on any atom is -0.497 e. The molecule has 0 unspecified atom stereocenters. The minimum atomic E-state index is 0. The molecule has 0 heterocycles. The number of methoxy groups -OCH3 is 1. The molecule has 0 bridgehead atoms. The van der Waals surface area contributed by atoms with Crippen LogP contribution < -0.4 is 4.74 Å². The molecule has 0 radical (unpaired) electrons. The smallest absolute Gasteiger partial charge is 0.497 e. The Kier molecular flexibility index (Phi) is 6.79. The molecule has 0 amide bonds. The summed E-state index contributed by atoms with van der Waals surface area (Å²) in [7, 11) is 1.68. The van der Waals surface area contributed by atoms with Crippen LogP contribution in [0.15, 0.2) is 54.6 Å². The van der Waals surface area contributed by atoms with E-state index in [1.807, 2.05) is 36.6 Å². The van der Waals surface area contributed by atoms with Gasteiger partial charge in [-0.05, 0) is 18.4 Å². The topological polar surface area (TPSA) is 9.23 Å². The van der Waals surface area contributed by atoms with Gasteiger partial charge in [-0.3, -0.25) is 0 Å². The number of ether oxygens (including phenoxy) is 1. The van der Waals surface area contributed by atoms with E-state index < -0.39 is 0 Å². The van der Waals surface area contributed by atoms with Crippen molar-refractivity contribution in [1.82, 2.24) is 0 Å². The maximum atomic E-state index is 5.18. The molecule has 0 saturated heterocycles. The largest absolute Gasteiger partial charge is 1.00 e. The van der Waals surface area contributed by atoms with Gasteiger partial charge in [0.2, 0.25) is 0 Å². The Morgan fingerprint density at radius 2 is 1.53 bits per heavy atom. The number of benzene rings is 2. The summed E-state index contributed by atoms with van der Waals surface area (Å²) in [6, 6.07) is 18.4. The van der Waals surface area contributed by atoms with Crippen LogP contribution in [-0.4, -0.2) is 13.4 Å². The molecule has 0 atom stereocenters. The standard InChI is InChI=1S/C16H15OS.Cu/c1-17-15-10-8-14(9-11-15)16(12-18-2)13-6-4-3-5-7-13;/h3-11H,1-2H3;/q-1;+1. The number of rotatable bonds is 4. The summed E-state index contributed by atoms with van der Waals surface area (Å²) < 4.78 is 5.18. The summed E-state index contributed by atoms with van der Waals surface area (Å²) in [4.78, 5) is 0. The average molecular weight is 319 g/mol. The molecule has 0 aliphatic rings. The van der Waals surface area contributed by atoms with E-state index in [4.69, 9.17) is 4.74 Å². The average Bonchev–Trinajstić information content (AvgIpc) is 2.46. The molecule has 0 aromatic heterocycles. The fourth-order valence-corrected chi connectivity index (χ4v) is 2.19. The van der Waals surface area contributed by atoms with E-state index in [1.165, 1.54) is 5.56 Å². The van der Waals surface area contributed by atoms with Crippen LogP contribution in [0.4, 0.5) is 0 Å². The SMILES string of the molecule is COc1ccc(C(=[C-]SC)c2ccccc2)cc1.[Cu+]. The van der Waals surface area contributed by atoms with Crippen LogP contribution in [0.3, 0.4) is 0 Å². The van der Waals surface area contributed by atoms with Gasteiger partial charge in [0, 0.05) is 0 Å². The van der Waals surface area contributed by atoms with Gasteiger partial charge in [-0.1, -0.05) is 18.2 Å². The molecule has 0 N–H and O–H groups in total. The Bertz CT molecular complexity index is 520. The molecule has 0 aliphatic carbocycles. The molecule has 2 aromatic rings. The molecule has 0 aliphatic heterocycles. The molecule has 0 saturated carbocycles. The molecule has 102 valence electrons. The first-order valence-corrected chi connectivity index (χ1v) is 6.93. The van der Waals surface area contributed by atoms with E-state index >= 15 is 0 Å². The van der Waals surface area contributed by atoms with Crippen LogP contribution >= 0.6 is 11.8 Å². The monoisotopic (exact) mass is 318 g/mol. The molecule has 1 nitrogen and oxygen atoms in total. The first-order chi connectivity index (χ1) is 8.85. The number of hydrogen-bond acceptors (Lipinski definition) is 2. The first-order valence-electron chi connectivity index (χ1n) is 5.71. The van der Waals surface area contributed by atoms with Crippen molar-refractivity contribution in [2.24, 2.45) is 0 Å². The van der Waals surface area contributed by atoms with E-state index in [9.17, 15) is 0 Å². The van der Waals surface area contributed by atoms with Crippen molar-refractivity contribution in [3.05, 3.63) is 71.1 Å². The van der Waals surface area contributed by atoms with Crippen LogP contribution in [0.2, 0.25) is 0 Å². The predicted molar refractivity (Wildman–Crippen MR) is 78.7 cm³/mol. The van der Waals surface area contributed by atoms with Crippen molar-refractivity contribution in [3.8, 4) is 5.75 Å². The van der Waals surface area contributed by atoms with Gasteiger partial charge in [-0.25, -0.2) is 11.8 Å². The summed E-state index contributed by atoms with van der Waals surface area (Å²) in [5.41, 5.74) is 3.44. The van der Waals surface area contributed by atoms with Gasteiger partial charge in [0.25, 0.3) is 0 Å². The Hall–Kier alpha value is -1.15. The quantitative estimate of drug-likeness (QED) is 0.615. The molecule has 0 spiro atoms. The molecule has 3 heteroatoms. The number of hydrogen-bond donors (Lipinski definition) is 0. The van der Waals surface area contributed by atoms with Gasteiger partial charge < -0.3 is 4.74 Å². The second-order valence-corrected chi connectivity index (χ2v) is 4.39. The van der Waals surface area contributed by atoms with Gasteiger partial charge in [0.1, 0.15) is 5.75 Å². The van der Waals surface area contributed by atoms with Crippen molar-refractivity contribution in [2.45, 2.75) is 0 Å². The number of thioether (sulfide) groups is 1. The molecule has 2 rings (SSSR count). The summed E-state index contributed by atoms with van der Waals surface area (Å²) in [6.45, 7) is 0. The van der Waals surface area contributed by atoms with Crippen LogP contribution in [0.1, 0.15) is 11.1 Å². The molecule has 2 aromatic carbocycles. The van der Waals surface area contributed by atoms with Crippen LogP contribution in [0.25, 0.3) is 5.57 Å². The van der Waals surface area contributed by atoms with Gasteiger partial charge in [0.05, 0.1) is 7.11 Å². The molecule has 0 fully saturated rings. The Balaban J connectivity index is 0.00000180. The predicted octanol–water partition coefficient (Wildman–Crippen LogP) is 4.25. The van der Waals surface area contributed by atoms with E-state index in [0.717, 1.165) is 16.9 Å². The van der Waals surface area contributed by atoms with E-state index in [2.05, 4.69) is 29.7 Å². The molecular weight excluding hydrogens is 304 g/mol. The molecule has 19 heavy (non-hydrogen) atoms. The maximum Gasteiger partial charge on any atom is 1.00 e. The fourth-order valence-electron chi connectivity index (χ4n) is 1.75. The zero-order valence-corrected chi connectivity index (χ0v) is 12.6. The van der Waals surface area contributed by atoms with E-state index in [1.54, 1.807) is 18.9 Å². The van der Waals surface area contributed by atoms with Crippen LogP contribution in [0.5, 0.6) is 5.75 Å². The second-order valence-electron chi connectivity index (χ2n) is 3.78. The Labute approximate surface area is 129 Å². The van der Waals surface area contributed by atoms with Crippen molar-refractivity contribution < 1.29 is 21.8 Å². The van der Waals surface area contributed by atoms with Gasteiger partial charge >= 0.3 is 17.1 Å². The summed E-state index contributed by atoms with van der Waals surface area (Å²) in [5.74, 6) is 0.871. The van der Waals surface area contributed by atoms with Crippen molar-refractivity contribution in [3.63, 3.8) is 0 Å². The van der Waals surface area contributed by atoms with E-state index in [-0.39, 0.29) is 17.1 Å². The fraction of sp³-hybridized carbons (Fsp3) is 0.125. The van der Waals surface area contributed by atoms with Crippen molar-refractivity contribution in [2.75, 3.05) is 13.4 Å². The zero-order valence-electron chi connectivity index (χ0n) is 10.8.